The van der Waals surface area contributed by atoms with Crippen LogP contribution >= 0.6 is 12.2 Å². The number of hydrogen-bond donors (Lipinski definition) is 0. The molecule has 0 aliphatic heterocycles. The number of benzene rings is 1. The Bertz CT molecular complexity index is 514. The normalized spacial score (nSPS) is 10.8. The summed E-state index contributed by atoms with van der Waals surface area (Å²) < 4.78 is 5.81. The van der Waals surface area contributed by atoms with Gasteiger partial charge in [0.05, 0.1) is 0 Å². The Morgan fingerprint density at radius 2 is 1.52 bits per heavy atom. The van der Waals surface area contributed by atoms with Gasteiger partial charge in [-0.15, -0.1) is 0 Å². The third kappa shape index (κ3) is 6.57. The van der Waals surface area contributed by atoms with Gasteiger partial charge in [0.1, 0.15) is 5.75 Å². The summed E-state index contributed by atoms with van der Waals surface area (Å²) in [6.45, 7) is 10.4. The smallest absolute Gasteiger partial charge is 0.264 e. The van der Waals surface area contributed by atoms with Gasteiger partial charge in [-0.3, -0.25) is 4.79 Å². The Morgan fingerprint density at radius 3 is 1.91 bits per heavy atom. The molecule has 0 aliphatic rings. The van der Waals surface area contributed by atoms with E-state index in [0.717, 1.165) is 13.1 Å². The molecule has 1 rings (SSSR count). The molecule has 1 aromatic carbocycles. The molecule has 0 spiro atoms. The van der Waals surface area contributed by atoms with E-state index in [1.54, 1.807) is 43.3 Å². The number of nitrogens with zero attached hydrogens (tertiary/aromatic N) is 2. The van der Waals surface area contributed by atoms with Gasteiger partial charge in [-0.2, -0.15) is 0 Å². The predicted molar refractivity (Wildman–Crippen MR) is 98.9 cm³/mol. The molecule has 1 aromatic rings. The average Bonchev–Trinajstić information content (AvgIpc) is 2.45. The number of amides is 1. The van der Waals surface area contributed by atoms with Gasteiger partial charge in [-0.25, -0.2) is 0 Å². The second kappa shape index (κ2) is 8.87. The van der Waals surface area contributed by atoms with Gasteiger partial charge in [0.15, 0.2) is 0 Å². The number of carbonyl (C=O) groups is 1. The maximum atomic E-state index is 11.9. The molecule has 0 aliphatic carbocycles. The number of ether oxygens (including phenoxy) is 1. The minimum absolute atomic E-state index is 0.0274. The molecule has 0 bridgehead atoms. The number of thiocarbonyl (C=S) groups is 1. The highest BCUT2D eigenvalue weighted by Gasteiger charge is 2.15. The van der Waals surface area contributed by atoms with Crippen molar-refractivity contribution >= 4 is 23.3 Å². The molecule has 5 heteroatoms. The van der Waals surface area contributed by atoms with Crippen LogP contribution in [0.4, 0.5) is 0 Å². The standard InChI is InChI=1S/C18H28N2O2S/c1-13(2)11-20(12-14(3)4)18(23)22-16-9-7-15(8-10-16)17(21)19(5)6/h7-10,13-14H,11-12H2,1-6H3. The van der Waals surface area contributed by atoms with Crippen molar-refractivity contribution in [2.45, 2.75) is 27.7 Å². The van der Waals surface area contributed by atoms with Crippen molar-refractivity contribution < 1.29 is 9.53 Å². The third-order valence-corrected chi connectivity index (χ3v) is 3.48. The summed E-state index contributed by atoms with van der Waals surface area (Å²) in [5.74, 6) is 1.65. The van der Waals surface area contributed by atoms with Crippen molar-refractivity contribution in [2.75, 3.05) is 27.2 Å². The Hall–Kier alpha value is -1.62. The second-order valence-electron chi connectivity index (χ2n) is 6.78. The Labute approximate surface area is 145 Å². The van der Waals surface area contributed by atoms with Crippen molar-refractivity contribution in [2.24, 2.45) is 11.8 Å². The molecule has 4 nitrogen and oxygen atoms in total. The van der Waals surface area contributed by atoms with Gasteiger partial charge >= 0.3 is 0 Å². The summed E-state index contributed by atoms with van der Waals surface area (Å²) in [7, 11) is 3.47. The zero-order chi connectivity index (χ0) is 17.6. The lowest BCUT2D eigenvalue weighted by Crippen LogP contribution is -2.38. The molecule has 0 atom stereocenters. The van der Waals surface area contributed by atoms with Gasteiger partial charge in [0.2, 0.25) is 0 Å². The first kappa shape index (κ1) is 19.4. The number of rotatable bonds is 6. The van der Waals surface area contributed by atoms with Gasteiger partial charge < -0.3 is 14.5 Å². The molecule has 0 saturated heterocycles. The minimum atomic E-state index is -0.0274. The van der Waals surface area contributed by atoms with Crippen molar-refractivity contribution in [1.82, 2.24) is 9.80 Å². The predicted octanol–water partition coefficient (Wildman–Crippen LogP) is 3.67. The Balaban J connectivity index is 2.76. The molecule has 0 unspecified atom stereocenters. The second-order valence-corrected chi connectivity index (χ2v) is 7.13. The fraction of sp³-hybridized carbons (Fsp3) is 0.556. The van der Waals surface area contributed by atoms with Gasteiger partial charge in [0.25, 0.3) is 11.1 Å². The maximum absolute atomic E-state index is 11.9. The van der Waals surface area contributed by atoms with Crippen molar-refractivity contribution in [3.8, 4) is 5.75 Å². The highest BCUT2D eigenvalue weighted by Crippen LogP contribution is 2.15. The lowest BCUT2D eigenvalue weighted by molar-refractivity contribution is 0.0827. The SMILES string of the molecule is CC(C)CN(CC(C)C)C(=S)Oc1ccc(C(=O)N(C)C)cc1. The lowest BCUT2D eigenvalue weighted by atomic mass is 10.1. The van der Waals surface area contributed by atoms with Crippen molar-refractivity contribution in [1.29, 1.82) is 0 Å². The van der Waals surface area contributed by atoms with E-state index in [2.05, 4.69) is 32.6 Å². The van der Waals surface area contributed by atoms with Gasteiger partial charge in [-0.05, 0) is 48.3 Å². The summed E-state index contributed by atoms with van der Waals surface area (Å²) in [4.78, 5) is 15.5. The van der Waals surface area contributed by atoms with E-state index in [1.807, 2.05) is 0 Å². The zero-order valence-corrected chi connectivity index (χ0v) is 15.8. The van der Waals surface area contributed by atoms with Crippen LogP contribution in [0.5, 0.6) is 5.75 Å². The van der Waals surface area contributed by atoms with E-state index in [0.29, 0.717) is 28.3 Å². The van der Waals surface area contributed by atoms with Crippen molar-refractivity contribution in [3.63, 3.8) is 0 Å². The molecular formula is C18H28N2O2S. The molecular weight excluding hydrogens is 308 g/mol. The molecule has 0 heterocycles. The summed E-state index contributed by atoms with van der Waals surface area (Å²) in [5.41, 5.74) is 0.634. The molecule has 1 amide bonds. The van der Waals surface area contributed by atoms with Crippen LogP contribution in [0.15, 0.2) is 24.3 Å². The first-order chi connectivity index (χ1) is 10.7. The van der Waals surface area contributed by atoms with E-state index >= 15 is 0 Å². The lowest BCUT2D eigenvalue weighted by Gasteiger charge is -2.28. The Kier molecular flexibility index (Phi) is 7.49. The molecule has 128 valence electrons. The summed E-state index contributed by atoms with van der Waals surface area (Å²) in [6.07, 6.45) is 0. The van der Waals surface area contributed by atoms with Crippen LogP contribution in [0.3, 0.4) is 0 Å². The molecule has 0 saturated carbocycles. The molecule has 0 N–H and O–H groups in total. The van der Waals surface area contributed by atoms with Gasteiger partial charge in [-0.1, -0.05) is 27.7 Å². The molecule has 23 heavy (non-hydrogen) atoms. The highest BCUT2D eigenvalue weighted by atomic mass is 32.1. The van der Waals surface area contributed by atoms with E-state index in [-0.39, 0.29) is 5.91 Å². The minimum Gasteiger partial charge on any atom is -0.432 e. The average molecular weight is 337 g/mol. The maximum Gasteiger partial charge on any atom is 0.264 e. The summed E-state index contributed by atoms with van der Waals surface area (Å²) in [6, 6.07) is 7.09. The van der Waals surface area contributed by atoms with Gasteiger partial charge in [0, 0.05) is 32.7 Å². The van der Waals surface area contributed by atoms with Crippen molar-refractivity contribution in [3.05, 3.63) is 29.8 Å². The van der Waals surface area contributed by atoms with Crippen LogP contribution in [0, 0.1) is 11.8 Å². The van der Waals surface area contributed by atoms with Crippen LogP contribution in [0.1, 0.15) is 38.1 Å². The fourth-order valence-electron chi connectivity index (χ4n) is 2.19. The highest BCUT2D eigenvalue weighted by molar-refractivity contribution is 7.80. The third-order valence-electron chi connectivity index (χ3n) is 3.14. The molecule has 0 aromatic heterocycles. The largest absolute Gasteiger partial charge is 0.432 e. The van der Waals surface area contributed by atoms with Crippen LogP contribution in [0.2, 0.25) is 0 Å². The van der Waals surface area contributed by atoms with E-state index in [1.165, 1.54) is 0 Å². The molecule has 0 fully saturated rings. The number of carbonyl (C=O) groups excluding carboxylic acids is 1. The quantitative estimate of drug-likeness (QED) is 0.742. The first-order valence-corrected chi connectivity index (χ1v) is 8.40. The zero-order valence-electron chi connectivity index (χ0n) is 15.0. The van der Waals surface area contributed by atoms with Crippen LogP contribution in [0.25, 0.3) is 0 Å². The number of hydrogen-bond acceptors (Lipinski definition) is 3. The van der Waals surface area contributed by atoms with Crippen LogP contribution < -0.4 is 4.74 Å². The van der Waals surface area contributed by atoms with Crippen LogP contribution in [-0.2, 0) is 0 Å². The molecule has 0 radical (unpaired) electrons. The summed E-state index contributed by atoms with van der Waals surface area (Å²) >= 11 is 5.45. The summed E-state index contributed by atoms with van der Waals surface area (Å²) in [5, 5.41) is 0.485. The van der Waals surface area contributed by atoms with E-state index < -0.39 is 0 Å². The fourth-order valence-corrected chi connectivity index (χ4v) is 2.44. The topological polar surface area (TPSA) is 32.8 Å². The monoisotopic (exact) mass is 336 g/mol. The first-order valence-electron chi connectivity index (χ1n) is 7.99. The Morgan fingerprint density at radius 1 is 1.04 bits per heavy atom. The van der Waals surface area contributed by atoms with E-state index in [4.69, 9.17) is 17.0 Å². The van der Waals surface area contributed by atoms with Crippen LogP contribution in [-0.4, -0.2) is 48.1 Å². The van der Waals surface area contributed by atoms with E-state index in [9.17, 15) is 4.79 Å².